The molecule has 0 aromatic heterocycles. The van der Waals surface area contributed by atoms with Crippen LogP contribution in [0.3, 0.4) is 0 Å². The van der Waals surface area contributed by atoms with Gasteiger partial charge in [-0.25, -0.2) is 0 Å². The van der Waals surface area contributed by atoms with E-state index in [9.17, 15) is 0 Å². The zero-order chi connectivity index (χ0) is 15.9. The summed E-state index contributed by atoms with van der Waals surface area (Å²) >= 11 is 0. The van der Waals surface area contributed by atoms with E-state index in [1.165, 1.54) is 51.9 Å². The molecule has 2 rings (SSSR count). The molecule has 0 aromatic rings. The number of nitrogens with zero attached hydrogens (tertiary/aromatic N) is 3. The highest BCUT2D eigenvalue weighted by atomic mass is 127. The molecule has 2 N–H and O–H groups in total. The largest absolute Gasteiger partial charge is 0.355 e. The van der Waals surface area contributed by atoms with Crippen LogP contribution < -0.4 is 10.6 Å². The molecule has 6 heteroatoms. The van der Waals surface area contributed by atoms with Gasteiger partial charge in [0.15, 0.2) is 5.96 Å². The lowest BCUT2D eigenvalue weighted by atomic mass is 9.87. The van der Waals surface area contributed by atoms with E-state index >= 15 is 0 Å². The first kappa shape index (κ1) is 21.0. The van der Waals surface area contributed by atoms with Gasteiger partial charge >= 0.3 is 0 Å². The summed E-state index contributed by atoms with van der Waals surface area (Å²) in [6.45, 7) is 10.3. The molecule has 0 amide bonds. The molecule has 1 saturated carbocycles. The maximum Gasteiger partial charge on any atom is 0.191 e. The van der Waals surface area contributed by atoms with E-state index in [2.05, 4.69) is 46.3 Å². The molecule has 5 nitrogen and oxygen atoms in total. The molecule has 1 atom stereocenters. The molecule has 0 radical (unpaired) electrons. The number of halogens is 1. The van der Waals surface area contributed by atoms with Crippen LogP contribution in [0, 0.1) is 5.92 Å². The lowest BCUT2D eigenvalue weighted by molar-refractivity contribution is 0.120. The van der Waals surface area contributed by atoms with E-state index in [0.29, 0.717) is 12.1 Å². The molecule has 1 unspecified atom stereocenters. The first-order chi connectivity index (χ1) is 10.6. The molecule has 1 aliphatic heterocycles. The zero-order valence-corrected chi connectivity index (χ0v) is 17.7. The van der Waals surface area contributed by atoms with Crippen molar-refractivity contribution in [2.45, 2.75) is 51.6 Å². The van der Waals surface area contributed by atoms with Crippen LogP contribution in [0.15, 0.2) is 4.99 Å². The summed E-state index contributed by atoms with van der Waals surface area (Å²) in [5, 5.41) is 7.12. The maximum absolute atomic E-state index is 4.40. The van der Waals surface area contributed by atoms with Gasteiger partial charge in [-0.3, -0.25) is 9.89 Å². The third-order valence-corrected chi connectivity index (χ3v) is 5.31. The van der Waals surface area contributed by atoms with Crippen LogP contribution in [0.25, 0.3) is 0 Å². The number of hydrogen-bond donors (Lipinski definition) is 2. The summed E-state index contributed by atoms with van der Waals surface area (Å²) in [6, 6.07) is 1.15. The SMILES string of the molecule is CN=C(NCC(C)N1CCN(C)CC1)NC1CCC(C)CC1.I. The van der Waals surface area contributed by atoms with Crippen molar-refractivity contribution >= 4 is 29.9 Å². The lowest BCUT2D eigenvalue weighted by Crippen LogP contribution is -2.53. The van der Waals surface area contributed by atoms with Crippen molar-refractivity contribution < 1.29 is 0 Å². The van der Waals surface area contributed by atoms with Crippen LogP contribution in [-0.4, -0.2) is 74.7 Å². The Morgan fingerprint density at radius 2 is 1.74 bits per heavy atom. The van der Waals surface area contributed by atoms with Crippen molar-refractivity contribution in [1.29, 1.82) is 0 Å². The van der Waals surface area contributed by atoms with E-state index in [0.717, 1.165) is 18.4 Å². The van der Waals surface area contributed by atoms with Crippen molar-refractivity contribution in [2.75, 3.05) is 46.8 Å². The van der Waals surface area contributed by atoms with Gasteiger partial charge in [0.25, 0.3) is 0 Å². The van der Waals surface area contributed by atoms with Crippen molar-refractivity contribution in [3.8, 4) is 0 Å². The Bertz CT molecular complexity index is 347. The quantitative estimate of drug-likeness (QED) is 0.401. The number of rotatable bonds is 4. The second kappa shape index (κ2) is 10.7. The van der Waals surface area contributed by atoms with Crippen molar-refractivity contribution in [3.05, 3.63) is 0 Å². The summed E-state index contributed by atoms with van der Waals surface area (Å²) in [4.78, 5) is 9.37. The van der Waals surface area contributed by atoms with Crippen LogP contribution in [0.5, 0.6) is 0 Å². The molecule has 23 heavy (non-hydrogen) atoms. The first-order valence-electron chi connectivity index (χ1n) is 8.98. The summed E-state index contributed by atoms with van der Waals surface area (Å²) in [7, 11) is 4.08. The Morgan fingerprint density at radius 1 is 1.13 bits per heavy atom. The smallest absolute Gasteiger partial charge is 0.191 e. The van der Waals surface area contributed by atoms with E-state index < -0.39 is 0 Å². The van der Waals surface area contributed by atoms with Gasteiger partial charge in [-0.1, -0.05) is 6.92 Å². The zero-order valence-electron chi connectivity index (χ0n) is 15.3. The highest BCUT2D eigenvalue weighted by Gasteiger charge is 2.21. The number of piperazine rings is 1. The molecule has 2 aliphatic rings. The summed E-state index contributed by atoms with van der Waals surface area (Å²) in [6.07, 6.45) is 5.23. The fraction of sp³-hybridized carbons (Fsp3) is 0.941. The van der Waals surface area contributed by atoms with Crippen LogP contribution in [-0.2, 0) is 0 Å². The standard InChI is InChI=1S/C17H35N5.HI/c1-14-5-7-16(8-6-14)20-17(18-3)19-13-15(2)22-11-9-21(4)10-12-22;/h14-16H,5-13H2,1-4H3,(H2,18,19,20);1H. The van der Waals surface area contributed by atoms with E-state index in [1.54, 1.807) is 0 Å². The fourth-order valence-electron chi connectivity index (χ4n) is 3.43. The monoisotopic (exact) mass is 437 g/mol. The third-order valence-electron chi connectivity index (χ3n) is 5.31. The molecular formula is C17H36IN5. The van der Waals surface area contributed by atoms with Crippen molar-refractivity contribution in [1.82, 2.24) is 20.4 Å². The molecule has 136 valence electrons. The van der Waals surface area contributed by atoms with Gasteiger partial charge < -0.3 is 15.5 Å². The van der Waals surface area contributed by atoms with Gasteiger partial charge in [0.1, 0.15) is 0 Å². The molecule has 1 aliphatic carbocycles. The second-order valence-corrected chi connectivity index (χ2v) is 7.24. The normalized spacial score (nSPS) is 28.8. The highest BCUT2D eigenvalue weighted by Crippen LogP contribution is 2.23. The molecule has 2 fully saturated rings. The van der Waals surface area contributed by atoms with Crippen LogP contribution in [0.1, 0.15) is 39.5 Å². The summed E-state index contributed by atoms with van der Waals surface area (Å²) < 4.78 is 0. The average molecular weight is 437 g/mol. The molecule has 1 saturated heterocycles. The predicted octanol–water partition coefficient (Wildman–Crippen LogP) is 1.98. The third kappa shape index (κ3) is 7.13. The Hall–Kier alpha value is -0.0800. The Labute approximate surface area is 159 Å². The van der Waals surface area contributed by atoms with Gasteiger partial charge in [-0.2, -0.15) is 0 Å². The minimum atomic E-state index is 0. The van der Waals surface area contributed by atoms with Gasteiger partial charge in [0.05, 0.1) is 0 Å². The predicted molar refractivity (Wildman–Crippen MR) is 110 cm³/mol. The lowest BCUT2D eigenvalue weighted by Gasteiger charge is -2.36. The number of guanidine groups is 1. The van der Waals surface area contributed by atoms with Crippen LogP contribution in [0.4, 0.5) is 0 Å². The second-order valence-electron chi connectivity index (χ2n) is 7.24. The number of aliphatic imine (C=N–C) groups is 1. The van der Waals surface area contributed by atoms with Crippen molar-refractivity contribution in [3.63, 3.8) is 0 Å². The maximum atomic E-state index is 4.40. The first-order valence-corrected chi connectivity index (χ1v) is 8.98. The fourth-order valence-corrected chi connectivity index (χ4v) is 3.43. The van der Waals surface area contributed by atoms with Crippen molar-refractivity contribution in [2.24, 2.45) is 10.9 Å². The molecule has 0 bridgehead atoms. The van der Waals surface area contributed by atoms with Gasteiger partial charge in [0.2, 0.25) is 0 Å². The minimum Gasteiger partial charge on any atom is -0.355 e. The topological polar surface area (TPSA) is 42.9 Å². The Balaban J connectivity index is 0.00000264. The Kier molecular flexibility index (Phi) is 9.77. The average Bonchev–Trinajstić information content (AvgIpc) is 2.53. The number of hydrogen-bond acceptors (Lipinski definition) is 3. The van der Waals surface area contributed by atoms with E-state index in [4.69, 9.17) is 0 Å². The molecule has 0 aromatic carbocycles. The number of nitrogens with one attached hydrogen (secondary N) is 2. The summed E-state index contributed by atoms with van der Waals surface area (Å²) in [5.41, 5.74) is 0. The minimum absolute atomic E-state index is 0. The molecule has 0 spiro atoms. The van der Waals surface area contributed by atoms with Gasteiger partial charge in [-0.05, 0) is 45.6 Å². The van der Waals surface area contributed by atoms with Gasteiger partial charge in [-0.15, -0.1) is 24.0 Å². The van der Waals surface area contributed by atoms with Crippen LogP contribution in [0.2, 0.25) is 0 Å². The van der Waals surface area contributed by atoms with Crippen LogP contribution >= 0.6 is 24.0 Å². The summed E-state index contributed by atoms with van der Waals surface area (Å²) in [5.74, 6) is 1.87. The number of likely N-dealkylation sites (N-methyl/N-ethyl adjacent to an activating group) is 1. The Morgan fingerprint density at radius 3 is 2.30 bits per heavy atom. The van der Waals surface area contributed by atoms with E-state index in [1.807, 2.05) is 7.05 Å². The molecule has 1 heterocycles. The molecular weight excluding hydrogens is 401 g/mol. The van der Waals surface area contributed by atoms with E-state index in [-0.39, 0.29) is 24.0 Å². The highest BCUT2D eigenvalue weighted by molar-refractivity contribution is 14.0. The van der Waals surface area contributed by atoms with Gasteiger partial charge in [0, 0.05) is 51.9 Å².